The zero-order valence-corrected chi connectivity index (χ0v) is 15.2. The highest BCUT2D eigenvalue weighted by molar-refractivity contribution is 5.80. The first-order valence-electron chi connectivity index (χ1n) is 8.84. The van der Waals surface area contributed by atoms with Crippen molar-refractivity contribution in [1.82, 2.24) is 20.0 Å². The van der Waals surface area contributed by atoms with Crippen LogP contribution in [0.4, 0.5) is 0 Å². The van der Waals surface area contributed by atoms with Crippen molar-refractivity contribution in [2.75, 3.05) is 40.0 Å². The number of methoxy groups -OCH3 is 1. The van der Waals surface area contributed by atoms with Gasteiger partial charge in [0.25, 0.3) is 0 Å². The maximum atomic E-state index is 5.93. The summed E-state index contributed by atoms with van der Waals surface area (Å²) in [5.74, 6) is 0.985. The number of nitrogens with one attached hydrogen (secondary N) is 1. The fourth-order valence-corrected chi connectivity index (χ4v) is 2.83. The highest BCUT2D eigenvalue weighted by atomic mass is 16.5. The second-order valence-electron chi connectivity index (χ2n) is 6.10. The number of nitrogens with zero attached hydrogens (tertiary/aromatic N) is 4. The van der Waals surface area contributed by atoms with E-state index in [1.807, 2.05) is 24.1 Å². The van der Waals surface area contributed by atoms with E-state index in [2.05, 4.69) is 22.2 Å². The molecule has 0 aliphatic carbocycles. The molecule has 7 nitrogen and oxygen atoms in total. The summed E-state index contributed by atoms with van der Waals surface area (Å²) in [6.07, 6.45) is 7.29. The first-order valence-corrected chi connectivity index (χ1v) is 8.84. The number of hydrogen-bond donors (Lipinski definition) is 1. The Balaban J connectivity index is 1.79. The van der Waals surface area contributed by atoms with Gasteiger partial charge in [-0.2, -0.15) is 5.10 Å². The average molecular weight is 337 g/mol. The first-order chi connectivity index (χ1) is 11.7. The lowest BCUT2D eigenvalue weighted by Gasteiger charge is -2.34. The Bertz CT molecular complexity index is 495. The van der Waals surface area contributed by atoms with Crippen LogP contribution in [-0.4, -0.2) is 66.7 Å². The summed E-state index contributed by atoms with van der Waals surface area (Å²) in [6.45, 7) is 7.15. The van der Waals surface area contributed by atoms with Gasteiger partial charge in [0.05, 0.1) is 18.8 Å². The van der Waals surface area contributed by atoms with Crippen molar-refractivity contribution >= 4 is 5.96 Å². The molecule has 1 aliphatic rings. The average Bonchev–Trinajstić information content (AvgIpc) is 3.01. The quantitative estimate of drug-likeness (QED) is 0.441. The standard InChI is InChI=1S/C17H31N5O2/c1-4-18-17(19-12-15-13-20-21(2)14-15)22-8-6-16(7-9-22)24-11-5-10-23-3/h13-14,16H,4-12H2,1-3H3,(H,18,19). The second-order valence-corrected chi connectivity index (χ2v) is 6.10. The van der Waals surface area contributed by atoms with Crippen LogP contribution in [0.1, 0.15) is 31.7 Å². The second kappa shape index (κ2) is 10.3. The lowest BCUT2D eigenvalue weighted by Crippen LogP contribution is -2.47. The van der Waals surface area contributed by atoms with Crippen molar-refractivity contribution in [2.24, 2.45) is 12.0 Å². The molecule has 1 N–H and O–H groups in total. The minimum Gasteiger partial charge on any atom is -0.385 e. The molecule has 2 heterocycles. The molecule has 0 amide bonds. The number of hydrogen-bond acceptors (Lipinski definition) is 4. The Morgan fingerprint density at radius 1 is 1.38 bits per heavy atom. The van der Waals surface area contributed by atoms with Crippen LogP contribution in [0.15, 0.2) is 17.4 Å². The van der Waals surface area contributed by atoms with Gasteiger partial charge in [-0.3, -0.25) is 4.68 Å². The van der Waals surface area contributed by atoms with Crippen molar-refractivity contribution in [3.8, 4) is 0 Å². The van der Waals surface area contributed by atoms with Crippen molar-refractivity contribution in [3.63, 3.8) is 0 Å². The van der Waals surface area contributed by atoms with Crippen LogP contribution in [0.25, 0.3) is 0 Å². The minimum absolute atomic E-state index is 0.360. The fraction of sp³-hybridized carbons (Fsp3) is 0.765. The fourth-order valence-electron chi connectivity index (χ4n) is 2.83. The third-order valence-electron chi connectivity index (χ3n) is 4.09. The molecule has 1 aromatic rings. The molecular weight excluding hydrogens is 306 g/mol. The number of aryl methyl sites for hydroxylation is 1. The van der Waals surface area contributed by atoms with E-state index >= 15 is 0 Å². The van der Waals surface area contributed by atoms with E-state index in [4.69, 9.17) is 14.5 Å². The molecule has 0 spiro atoms. The monoisotopic (exact) mass is 337 g/mol. The summed E-state index contributed by atoms with van der Waals surface area (Å²) < 4.78 is 12.8. The molecule has 1 aromatic heterocycles. The van der Waals surface area contributed by atoms with Crippen molar-refractivity contribution in [2.45, 2.75) is 38.8 Å². The number of likely N-dealkylation sites (tertiary alicyclic amines) is 1. The van der Waals surface area contributed by atoms with Gasteiger partial charge in [-0.15, -0.1) is 0 Å². The summed E-state index contributed by atoms with van der Waals surface area (Å²) in [7, 11) is 3.65. The molecule has 136 valence electrons. The molecule has 0 aromatic carbocycles. The Hall–Kier alpha value is -1.60. The van der Waals surface area contributed by atoms with Gasteiger partial charge in [-0.25, -0.2) is 4.99 Å². The number of piperidine rings is 1. The Kier molecular flexibility index (Phi) is 8.04. The molecule has 7 heteroatoms. The topological polar surface area (TPSA) is 63.9 Å². The van der Waals surface area contributed by atoms with Crippen LogP contribution in [0.2, 0.25) is 0 Å². The molecule has 1 saturated heterocycles. The van der Waals surface area contributed by atoms with E-state index in [1.54, 1.807) is 7.11 Å². The van der Waals surface area contributed by atoms with Gasteiger partial charge in [0.15, 0.2) is 5.96 Å². The summed E-state index contributed by atoms with van der Waals surface area (Å²) in [5.41, 5.74) is 1.13. The first kappa shape index (κ1) is 18.7. The van der Waals surface area contributed by atoms with Crippen molar-refractivity contribution in [1.29, 1.82) is 0 Å². The Morgan fingerprint density at radius 2 is 2.17 bits per heavy atom. The van der Waals surface area contributed by atoms with Gasteiger partial charge in [0.1, 0.15) is 0 Å². The lowest BCUT2D eigenvalue weighted by atomic mass is 10.1. The molecule has 0 radical (unpaired) electrons. The molecular formula is C17H31N5O2. The van der Waals surface area contributed by atoms with Crippen LogP contribution >= 0.6 is 0 Å². The van der Waals surface area contributed by atoms with Gasteiger partial charge >= 0.3 is 0 Å². The maximum Gasteiger partial charge on any atom is 0.194 e. The van der Waals surface area contributed by atoms with E-state index in [-0.39, 0.29) is 0 Å². The predicted octanol–water partition coefficient (Wildman–Crippen LogP) is 1.40. The summed E-state index contributed by atoms with van der Waals surface area (Å²) in [5, 5.41) is 7.59. The smallest absolute Gasteiger partial charge is 0.194 e. The van der Waals surface area contributed by atoms with E-state index < -0.39 is 0 Å². The molecule has 1 fully saturated rings. The number of guanidine groups is 1. The van der Waals surface area contributed by atoms with E-state index in [0.29, 0.717) is 12.6 Å². The van der Waals surface area contributed by atoms with E-state index in [0.717, 1.165) is 63.6 Å². The maximum absolute atomic E-state index is 5.93. The highest BCUT2D eigenvalue weighted by Gasteiger charge is 2.21. The zero-order chi connectivity index (χ0) is 17.2. The number of rotatable bonds is 8. The minimum atomic E-state index is 0.360. The molecule has 0 atom stereocenters. The predicted molar refractivity (Wildman–Crippen MR) is 95.1 cm³/mol. The number of aromatic nitrogens is 2. The summed E-state index contributed by atoms with van der Waals surface area (Å²) in [4.78, 5) is 7.08. The molecule has 0 bridgehead atoms. The molecule has 0 saturated carbocycles. The molecule has 2 rings (SSSR count). The van der Waals surface area contributed by atoms with Crippen LogP contribution in [0.5, 0.6) is 0 Å². The van der Waals surface area contributed by atoms with Crippen LogP contribution in [0, 0.1) is 0 Å². The molecule has 24 heavy (non-hydrogen) atoms. The molecule has 0 unspecified atom stereocenters. The van der Waals surface area contributed by atoms with Crippen LogP contribution in [0.3, 0.4) is 0 Å². The van der Waals surface area contributed by atoms with Gasteiger partial charge < -0.3 is 19.7 Å². The van der Waals surface area contributed by atoms with Crippen LogP contribution in [-0.2, 0) is 23.1 Å². The van der Waals surface area contributed by atoms with E-state index in [9.17, 15) is 0 Å². The Morgan fingerprint density at radius 3 is 2.79 bits per heavy atom. The number of aliphatic imine (C=N–C) groups is 1. The van der Waals surface area contributed by atoms with Crippen LogP contribution < -0.4 is 5.32 Å². The summed E-state index contributed by atoms with van der Waals surface area (Å²) >= 11 is 0. The van der Waals surface area contributed by atoms with Gasteiger partial charge in [0.2, 0.25) is 0 Å². The normalized spacial score (nSPS) is 16.6. The van der Waals surface area contributed by atoms with Gasteiger partial charge in [-0.05, 0) is 26.2 Å². The van der Waals surface area contributed by atoms with Crippen molar-refractivity contribution in [3.05, 3.63) is 18.0 Å². The third-order valence-corrected chi connectivity index (χ3v) is 4.09. The van der Waals surface area contributed by atoms with Gasteiger partial charge in [0, 0.05) is 58.8 Å². The zero-order valence-electron chi connectivity index (χ0n) is 15.2. The SMILES string of the molecule is CCNC(=NCc1cnn(C)c1)N1CCC(OCCCOC)CC1. The highest BCUT2D eigenvalue weighted by Crippen LogP contribution is 2.14. The Labute approximate surface area is 145 Å². The summed E-state index contributed by atoms with van der Waals surface area (Å²) in [6, 6.07) is 0. The van der Waals surface area contributed by atoms with Gasteiger partial charge in [-0.1, -0.05) is 0 Å². The third kappa shape index (κ3) is 6.13. The number of ether oxygens (including phenoxy) is 2. The van der Waals surface area contributed by atoms with E-state index in [1.165, 1.54) is 0 Å². The largest absolute Gasteiger partial charge is 0.385 e. The molecule has 1 aliphatic heterocycles. The van der Waals surface area contributed by atoms with Crippen molar-refractivity contribution < 1.29 is 9.47 Å². The lowest BCUT2D eigenvalue weighted by molar-refractivity contribution is 0.00990.